The number of hydrogen-bond donors (Lipinski definition) is 1. The molecular formula is C33H41N5O3. The molecule has 2 aromatic heterocycles. The molecule has 0 saturated heterocycles. The average Bonchev–Trinajstić information content (AvgIpc) is 3.29. The number of fused-ring (bicyclic) bond motifs is 2. The Kier molecular flexibility index (Phi) is 7.27. The summed E-state index contributed by atoms with van der Waals surface area (Å²) in [5.41, 5.74) is 3.29. The quantitative estimate of drug-likeness (QED) is 0.224. The number of rotatable bonds is 7. The molecule has 0 aliphatic rings. The number of allylic oxidation sites excluding steroid dienone is 4. The van der Waals surface area contributed by atoms with Gasteiger partial charge in [0, 0.05) is 25.1 Å². The molecule has 0 fully saturated rings. The van der Waals surface area contributed by atoms with E-state index in [2.05, 4.69) is 53.8 Å². The number of aromatic hydroxyl groups is 1. The Morgan fingerprint density at radius 2 is 1.39 bits per heavy atom. The van der Waals surface area contributed by atoms with E-state index in [0.717, 1.165) is 23.1 Å². The first-order valence-corrected chi connectivity index (χ1v) is 13.7. The van der Waals surface area contributed by atoms with Crippen LogP contribution < -0.4 is 11.1 Å². The zero-order valence-corrected chi connectivity index (χ0v) is 25.7. The minimum atomic E-state index is -0.615. The first kappa shape index (κ1) is 29.8. The lowest BCUT2D eigenvalue weighted by atomic mass is 9.69. The van der Waals surface area contributed by atoms with Gasteiger partial charge in [-0.25, -0.2) is 0 Å². The van der Waals surface area contributed by atoms with Crippen molar-refractivity contribution in [2.75, 3.05) is 0 Å². The average molecular weight is 556 g/mol. The smallest absolute Gasteiger partial charge is 0.316 e. The van der Waals surface area contributed by atoms with E-state index in [1.54, 1.807) is 38.4 Å². The molecule has 0 unspecified atom stereocenters. The SMILES string of the molecule is C=C/C=C(\C=C)C(C)(C)c1cc(C(C)(C)CC(C)(C)C)cc(-n2nc3cc4c(cc3n2)n(C)c(=O)c(=O)n4C)c1O. The van der Waals surface area contributed by atoms with Crippen LogP contribution in [0.25, 0.3) is 27.8 Å². The first-order valence-electron chi connectivity index (χ1n) is 13.7. The Morgan fingerprint density at radius 3 is 1.83 bits per heavy atom. The molecule has 4 rings (SSSR count). The molecule has 0 amide bonds. The third-order valence-corrected chi connectivity index (χ3v) is 7.96. The number of benzene rings is 2. The third kappa shape index (κ3) is 5.19. The molecule has 0 saturated carbocycles. The van der Waals surface area contributed by atoms with Crippen LogP contribution in [-0.2, 0) is 24.9 Å². The van der Waals surface area contributed by atoms with Gasteiger partial charge in [-0.3, -0.25) is 9.59 Å². The van der Waals surface area contributed by atoms with Gasteiger partial charge in [0.1, 0.15) is 22.5 Å². The molecule has 1 N–H and O–H groups in total. The number of phenolic OH excluding ortho intramolecular Hbond substituents is 1. The van der Waals surface area contributed by atoms with Gasteiger partial charge >= 0.3 is 11.1 Å². The summed E-state index contributed by atoms with van der Waals surface area (Å²) in [5.74, 6) is 0.0618. The van der Waals surface area contributed by atoms with Crippen LogP contribution in [0, 0.1) is 5.41 Å². The third-order valence-electron chi connectivity index (χ3n) is 7.96. The summed E-state index contributed by atoms with van der Waals surface area (Å²) in [5, 5.41) is 21.3. The van der Waals surface area contributed by atoms with Crippen molar-refractivity contribution >= 4 is 22.1 Å². The summed E-state index contributed by atoms with van der Waals surface area (Å²) < 4.78 is 2.65. The largest absolute Gasteiger partial charge is 0.505 e. The van der Waals surface area contributed by atoms with E-state index >= 15 is 0 Å². The van der Waals surface area contributed by atoms with Gasteiger partial charge in [-0.15, -0.1) is 15.0 Å². The van der Waals surface area contributed by atoms with Gasteiger partial charge in [0.05, 0.1) is 11.0 Å². The van der Waals surface area contributed by atoms with Gasteiger partial charge in [-0.2, -0.15) is 0 Å². The number of aromatic nitrogens is 5. The van der Waals surface area contributed by atoms with Crippen LogP contribution >= 0.6 is 0 Å². The fourth-order valence-electron chi connectivity index (χ4n) is 5.97. The molecule has 0 spiro atoms. The van der Waals surface area contributed by atoms with Crippen molar-refractivity contribution < 1.29 is 5.11 Å². The molecular weight excluding hydrogens is 514 g/mol. The fourth-order valence-corrected chi connectivity index (χ4v) is 5.97. The molecule has 0 bridgehead atoms. The van der Waals surface area contributed by atoms with E-state index in [4.69, 9.17) is 10.2 Å². The summed E-state index contributed by atoms with van der Waals surface area (Å²) >= 11 is 0. The van der Waals surface area contributed by atoms with Crippen molar-refractivity contribution in [3.05, 3.63) is 93.1 Å². The standard InChI is InChI=1S/C33H41N5O3/c1-12-14-20(13-2)33(8,9)22-15-21(32(6,7)19-31(3,4)5)16-27(28(22)39)38-34-23-17-25-26(18-24(23)35-38)37(11)30(41)29(40)36(25)10/h12-18,39H,1-2,19H2,3-11H3/b20-14+. The second-order valence-corrected chi connectivity index (χ2v) is 13.2. The molecule has 0 aliphatic heterocycles. The Bertz CT molecular complexity index is 1780. The summed E-state index contributed by atoms with van der Waals surface area (Å²) in [4.78, 5) is 26.3. The van der Waals surface area contributed by atoms with Crippen LogP contribution in [0.3, 0.4) is 0 Å². The Hall–Kier alpha value is -4.20. The van der Waals surface area contributed by atoms with Gasteiger partial charge < -0.3 is 14.2 Å². The lowest BCUT2D eigenvalue weighted by Crippen LogP contribution is -2.39. The highest BCUT2D eigenvalue weighted by Gasteiger charge is 2.34. The van der Waals surface area contributed by atoms with Crippen LogP contribution in [-0.4, -0.2) is 29.2 Å². The molecule has 8 heteroatoms. The van der Waals surface area contributed by atoms with E-state index in [1.807, 2.05) is 26.0 Å². The minimum Gasteiger partial charge on any atom is -0.505 e. The molecule has 0 atom stereocenters. The van der Waals surface area contributed by atoms with Crippen molar-refractivity contribution in [3.8, 4) is 11.4 Å². The molecule has 0 aliphatic carbocycles. The second-order valence-electron chi connectivity index (χ2n) is 13.2. The predicted molar refractivity (Wildman–Crippen MR) is 167 cm³/mol. The second kappa shape index (κ2) is 10.0. The van der Waals surface area contributed by atoms with E-state index in [9.17, 15) is 14.7 Å². The summed E-state index contributed by atoms with van der Waals surface area (Å²) in [6.07, 6.45) is 6.31. The van der Waals surface area contributed by atoms with Crippen LogP contribution in [0.1, 0.15) is 66.0 Å². The number of nitrogens with zero attached hydrogens (tertiary/aromatic N) is 5. The fraction of sp³-hybridized carbons (Fsp3) is 0.394. The van der Waals surface area contributed by atoms with Crippen molar-refractivity contribution in [2.24, 2.45) is 19.5 Å². The maximum Gasteiger partial charge on any atom is 0.316 e. The van der Waals surface area contributed by atoms with E-state index in [0.29, 0.717) is 27.8 Å². The Labute approximate surface area is 240 Å². The van der Waals surface area contributed by atoms with Crippen LogP contribution in [0.2, 0.25) is 0 Å². The highest BCUT2D eigenvalue weighted by atomic mass is 16.3. The van der Waals surface area contributed by atoms with E-state index in [-0.39, 0.29) is 16.6 Å². The van der Waals surface area contributed by atoms with Crippen molar-refractivity contribution in [3.63, 3.8) is 0 Å². The normalized spacial score (nSPS) is 13.2. The number of hydrogen-bond acceptors (Lipinski definition) is 5. The van der Waals surface area contributed by atoms with Crippen molar-refractivity contribution in [1.29, 1.82) is 0 Å². The molecule has 216 valence electrons. The molecule has 2 aromatic carbocycles. The van der Waals surface area contributed by atoms with Crippen LogP contribution in [0.5, 0.6) is 5.75 Å². The molecule has 8 nitrogen and oxygen atoms in total. The summed E-state index contributed by atoms with van der Waals surface area (Å²) in [6, 6.07) is 7.52. The van der Waals surface area contributed by atoms with Crippen molar-refractivity contribution in [1.82, 2.24) is 24.1 Å². The monoisotopic (exact) mass is 555 g/mol. The highest BCUT2D eigenvalue weighted by molar-refractivity contribution is 5.91. The van der Waals surface area contributed by atoms with Gasteiger partial charge in [0.15, 0.2) is 0 Å². The highest BCUT2D eigenvalue weighted by Crippen LogP contribution is 2.45. The maximum atomic E-state index is 12.4. The first-order chi connectivity index (χ1) is 18.9. The van der Waals surface area contributed by atoms with Crippen LogP contribution in [0.4, 0.5) is 0 Å². The molecule has 0 radical (unpaired) electrons. The Morgan fingerprint density at radius 1 is 0.878 bits per heavy atom. The zero-order valence-electron chi connectivity index (χ0n) is 25.7. The number of aryl methyl sites for hydroxylation is 2. The lowest BCUT2D eigenvalue weighted by Gasteiger charge is -2.35. The predicted octanol–water partition coefficient (Wildman–Crippen LogP) is 5.97. The van der Waals surface area contributed by atoms with Gasteiger partial charge in [0.2, 0.25) is 0 Å². The molecule has 41 heavy (non-hydrogen) atoms. The van der Waals surface area contributed by atoms with E-state index in [1.165, 1.54) is 13.9 Å². The topological polar surface area (TPSA) is 94.9 Å². The van der Waals surface area contributed by atoms with Crippen LogP contribution in [0.15, 0.2) is 70.8 Å². The molecule has 4 aromatic rings. The minimum absolute atomic E-state index is 0.0618. The van der Waals surface area contributed by atoms with Gasteiger partial charge in [0.25, 0.3) is 0 Å². The summed E-state index contributed by atoms with van der Waals surface area (Å²) in [6.45, 7) is 23.0. The lowest BCUT2D eigenvalue weighted by molar-refractivity contribution is 0.283. The van der Waals surface area contributed by atoms with E-state index < -0.39 is 16.5 Å². The molecule has 2 heterocycles. The van der Waals surface area contributed by atoms with Gasteiger partial charge in [-0.05, 0) is 46.6 Å². The van der Waals surface area contributed by atoms with Gasteiger partial charge in [-0.1, -0.05) is 85.9 Å². The number of phenols is 1. The zero-order chi connectivity index (χ0) is 30.7. The Balaban J connectivity index is 2.06. The maximum absolute atomic E-state index is 12.4. The summed E-state index contributed by atoms with van der Waals surface area (Å²) in [7, 11) is 3.13. The van der Waals surface area contributed by atoms with Crippen molar-refractivity contribution in [2.45, 2.75) is 65.7 Å².